The third kappa shape index (κ3) is 3.61. The zero-order chi connectivity index (χ0) is 10.2. The molecule has 0 unspecified atom stereocenters. The number of nitrogens with two attached hydrogens (primary N) is 1. The first-order valence-corrected chi connectivity index (χ1v) is 4.75. The predicted molar refractivity (Wildman–Crippen MR) is 57.5 cm³/mol. The fourth-order valence-corrected chi connectivity index (χ4v) is 1.06. The number of rotatable bonds is 3. The fourth-order valence-electron chi connectivity index (χ4n) is 1.06. The molecule has 0 bridgehead atoms. The molecule has 0 aliphatic heterocycles. The van der Waals surface area contributed by atoms with E-state index in [1.165, 1.54) is 0 Å². The van der Waals surface area contributed by atoms with Gasteiger partial charge in [0.05, 0.1) is 0 Å². The molecule has 0 amide bonds. The van der Waals surface area contributed by atoms with Crippen LogP contribution >= 0.6 is 0 Å². The number of aliphatic hydroxyl groups is 1. The van der Waals surface area contributed by atoms with Crippen molar-refractivity contribution in [1.29, 1.82) is 0 Å². The lowest BCUT2D eigenvalue weighted by molar-refractivity contribution is 0.290. The highest BCUT2D eigenvalue weighted by Crippen LogP contribution is 2.02. The lowest BCUT2D eigenvalue weighted by Gasteiger charge is -1.95. The van der Waals surface area contributed by atoms with Crippen molar-refractivity contribution in [2.75, 3.05) is 6.61 Å². The summed E-state index contributed by atoms with van der Waals surface area (Å²) in [5, 5.41) is 8.55. The minimum absolute atomic E-state index is 0.209. The van der Waals surface area contributed by atoms with Crippen molar-refractivity contribution in [3.63, 3.8) is 0 Å². The summed E-state index contributed by atoms with van der Waals surface area (Å²) in [6.45, 7) is 0.777. The molecule has 2 heteroatoms. The summed E-state index contributed by atoms with van der Waals surface area (Å²) in [7, 11) is 0. The van der Waals surface area contributed by atoms with Gasteiger partial charge < -0.3 is 10.8 Å². The van der Waals surface area contributed by atoms with Crippen LogP contribution in [0.15, 0.2) is 24.3 Å². The Kier molecular flexibility index (Phi) is 4.77. The van der Waals surface area contributed by atoms with Crippen LogP contribution in [0.1, 0.15) is 24.0 Å². The van der Waals surface area contributed by atoms with Crippen LogP contribution in [0.5, 0.6) is 0 Å². The van der Waals surface area contributed by atoms with Crippen molar-refractivity contribution >= 4 is 0 Å². The first-order valence-electron chi connectivity index (χ1n) is 4.75. The highest BCUT2D eigenvalue weighted by atomic mass is 16.2. The van der Waals surface area contributed by atoms with E-state index < -0.39 is 0 Å². The molecule has 2 nitrogen and oxygen atoms in total. The zero-order valence-corrected chi connectivity index (χ0v) is 8.16. The van der Waals surface area contributed by atoms with Gasteiger partial charge in [-0.1, -0.05) is 24.0 Å². The second kappa shape index (κ2) is 6.20. The lowest BCUT2D eigenvalue weighted by Crippen LogP contribution is -1.95. The Balaban J connectivity index is 2.53. The van der Waals surface area contributed by atoms with Crippen LogP contribution in [0.25, 0.3) is 0 Å². The SMILES string of the molecule is NCc1ccc(C#CCCCO)cc1. The smallest absolute Gasteiger partial charge is 0.0440 e. The first kappa shape index (κ1) is 10.8. The van der Waals surface area contributed by atoms with Gasteiger partial charge in [-0.15, -0.1) is 0 Å². The summed E-state index contributed by atoms with van der Waals surface area (Å²) >= 11 is 0. The van der Waals surface area contributed by atoms with E-state index in [0.717, 1.165) is 24.0 Å². The van der Waals surface area contributed by atoms with Crippen molar-refractivity contribution in [3.05, 3.63) is 35.4 Å². The van der Waals surface area contributed by atoms with Crippen molar-refractivity contribution in [1.82, 2.24) is 0 Å². The van der Waals surface area contributed by atoms with Crippen LogP contribution in [0.3, 0.4) is 0 Å². The molecule has 74 valence electrons. The highest BCUT2D eigenvalue weighted by Gasteiger charge is 1.88. The average molecular weight is 189 g/mol. The van der Waals surface area contributed by atoms with Gasteiger partial charge in [-0.25, -0.2) is 0 Å². The molecule has 1 aromatic carbocycles. The van der Waals surface area contributed by atoms with E-state index >= 15 is 0 Å². The van der Waals surface area contributed by atoms with E-state index in [1.54, 1.807) is 0 Å². The molecular weight excluding hydrogens is 174 g/mol. The summed E-state index contributed by atoms with van der Waals surface area (Å²) in [6, 6.07) is 7.90. The molecule has 1 aromatic rings. The molecule has 14 heavy (non-hydrogen) atoms. The highest BCUT2D eigenvalue weighted by molar-refractivity contribution is 5.35. The molecular formula is C12H15NO. The van der Waals surface area contributed by atoms with Gasteiger partial charge in [0.25, 0.3) is 0 Å². The summed E-state index contributed by atoms with van der Waals surface area (Å²) < 4.78 is 0. The van der Waals surface area contributed by atoms with E-state index in [2.05, 4.69) is 11.8 Å². The maximum atomic E-state index is 8.55. The quantitative estimate of drug-likeness (QED) is 0.555. The minimum Gasteiger partial charge on any atom is -0.396 e. The Morgan fingerprint density at radius 1 is 1.21 bits per heavy atom. The Hall–Kier alpha value is -1.30. The Bertz CT molecular complexity index is 318. The van der Waals surface area contributed by atoms with E-state index in [-0.39, 0.29) is 6.61 Å². The molecule has 3 N–H and O–H groups in total. The van der Waals surface area contributed by atoms with Gasteiger partial charge in [0.15, 0.2) is 0 Å². The third-order valence-electron chi connectivity index (χ3n) is 1.88. The molecule has 0 spiro atoms. The van der Waals surface area contributed by atoms with E-state index in [1.807, 2.05) is 24.3 Å². The van der Waals surface area contributed by atoms with Crippen molar-refractivity contribution in [2.24, 2.45) is 5.73 Å². The summed E-state index contributed by atoms with van der Waals surface area (Å²) in [4.78, 5) is 0. The van der Waals surface area contributed by atoms with Gasteiger partial charge >= 0.3 is 0 Å². The molecule has 0 saturated carbocycles. The summed E-state index contributed by atoms with van der Waals surface area (Å²) in [6.07, 6.45) is 1.49. The number of hydrogen-bond acceptors (Lipinski definition) is 2. The average Bonchev–Trinajstić information content (AvgIpc) is 2.25. The van der Waals surface area contributed by atoms with Gasteiger partial charge in [-0.05, 0) is 24.1 Å². The molecule has 0 atom stereocenters. The first-order chi connectivity index (χ1) is 6.86. The number of hydrogen-bond donors (Lipinski definition) is 2. The second-order valence-electron chi connectivity index (χ2n) is 3.03. The molecule has 0 saturated heterocycles. The van der Waals surface area contributed by atoms with E-state index in [0.29, 0.717) is 6.54 Å². The molecule has 0 heterocycles. The fraction of sp³-hybridized carbons (Fsp3) is 0.333. The second-order valence-corrected chi connectivity index (χ2v) is 3.03. The number of benzene rings is 1. The van der Waals surface area contributed by atoms with Crippen molar-refractivity contribution in [3.8, 4) is 11.8 Å². The molecule has 1 rings (SSSR count). The van der Waals surface area contributed by atoms with Crippen LogP contribution in [-0.4, -0.2) is 11.7 Å². The molecule has 0 aliphatic rings. The Labute approximate surface area is 84.8 Å². The summed E-state index contributed by atoms with van der Waals surface area (Å²) in [5.41, 5.74) is 7.59. The van der Waals surface area contributed by atoms with Crippen LogP contribution < -0.4 is 5.73 Å². The Morgan fingerprint density at radius 2 is 1.93 bits per heavy atom. The molecule has 0 aliphatic carbocycles. The maximum absolute atomic E-state index is 8.55. The van der Waals surface area contributed by atoms with Crippen LogP contribution in [-0.2, 0) is 6.54 Å². The van der Waals surface area contributed by atoms with Gasteiger partial charge in [0.2, 0.25) is 0 Å². The van der Waals surface area contributed by atoms with Crippen LogP contribution in [0.4, 0.5) is 0 Å². The van der Waals surface area contributed by atoms with E-state index in [4.69, 9.17) is 10.8 Å². The van der Waals surface area contributed by atoms with Crippen LogP contribution in [0.2, 0.25) is 0 Å². The van der Waals surface area contributed by atoms with Crippen molar-refractivity contribution in [2.45, 2.75) is 19.4 Å². The predicted octanol–water partition coefficient (Wildman–Crippen LogP) is 1.27. The zero-order valence-electron chi connectivity index (χ0n) is 8.16. The number of aliphatic hydroxyl groups excluding tert-OH is 1. The maximum Gasteiger partial charge on any atom is 0.0440 e. The van der Waals surface area contributed by atoms with Gasteiger partial charge in [-0.2, -0.15) is 0 Å². The van der Waals surface area contributed by atoms with Gasteiger partial charge in [0.1, 0.15) is 0 Å². The molecule has 0 radical (unpaired) electrons. The van der Waals surface area contributed by atoms with Crippen LogP contribution in [0, 0.1) is 11.8 Å². The topological polar surface area (TPSA) is 46.2 Å². The normalized spacial score (nSPS) is 9.29. The standard InChI is InChI=1S/C12H15NO/c13-10-12-7-5-11(6-8-12)4-2-1-3-9-14/h5-8,14H,1,3,9-10,13H2. The van der Waals surface area contributed by atoms with Crippen molar-refractivity contribution < 1.29 is 5.11 Å². The lowest BCUT2D eigenvalue weighted by atomic mass is 10.1. The monoisotopic (exact) mass is 189 g/mol. The van der Waals surface area contributed by atoms with Gasteiger partial charge in [0, 0.05) is 25.1 Å². The number of unbranched alkanes of at least 4 members (excludes halogenated alkanes) is 1. The van der Waals surface area contributed by atoms with E-state index in [9.17, 15) is 0 Å². The molecule has 0 fully saturated rings. The Morgan fingerprint density at radius 3 is 2.50 bits per heavy atom. The summed E-state index contributed by atoms with van der Waals surface area (Å²) in [5.74, 6) is 6.03. The minimum atomic E-state index is 0.209. The molecule has 0 aromatic heterocycles. The largest absolute Gasteiger partial charge is 0.396 e. The third-order valence-corrected chi connectivity index (χ3v) is 1.88. The van der Waals surface area contributed by atoms with Gasteiger partial charge in [-0.3, -0.25) is 0 Å².